The zero-order valence-electron chi connectivity index (χ0n) is 14.8. The number of nitrogens with one attached hydrogen (secondary N) is 1. The highest BCUT2D eigenvalue weighted by Gasteiger charge is 2.52. The Bertz CT molecular complexity index is 626. The molecule has 3 rings (SSSR count). The number of piperidine rings is 1. The summed E-state index contributed by atoms with van der Waals surface area (Å²) in [7, 11) is 0. The third-order valence-corrected chi connectivity index (χ3v) is 5.52. The first-order chi connectivity index (χ1) is 12.0. The maximum atomic E-state index is 12.8. The van der Waals surface area contributed by atoms with Crippen molar-refractivity contribution in [2.75, 3.05) is 13.1 Å². The maximum absolute atomic E-state index is 12.8. The normalized spacial score (nSPS) is 30.5. The minimum absolute atomic E-state index is 0.0417. The Hall–Kier alpha value is -2.08. The van der Waals surface area contributed by atoms with Crippen LogP contribution >= 0.6 is 0 Å². The van der Waals surface area contributed by atoms with E-state index in [0.717, 1.165) is 32.5 Å². The van der Waals surface area contributed by atoms with Gasteiger partial charge in [-0.15, -0.1) is 0 Å². The van der Waals surface area contributed by atoms with Crippen molar-refractivity contribution >= 4 is 11.7 Å². The molecule has 1 unspecified atom stereocenters. The van der Waals surface area contributed by atoms with Gasteiger partial charge in [0.2, 0.25) is 5.91 Å². The van der Waals surface area contributed by atoms with E-state index in [-0.39, 0.29) is 17.8 Å². The molecule has 1 saturated heterocycles. The summed E-state index contributed by atoms with van der Waals surface area (Å²) in [6.45, 7) is 4.86. The van der Waals surface area contributed by atoms with E-state index in [4.69, 9.17) is 10.9 Å². The third-order valence-electron chi connectivity index (χ3n) is 5.52. The Morgan fingerprint density at radius 3 is 2.76 bits per heavy atom. The first kappa shape index (κ1) is 17.7. The number of rotatable bonds is 5. The predicted octanol–water partition coefficient (Wildman–Crippen LogP) is 1.93. The maximum Gasteiger partial charge on any atom is 0.234 e. The lowest BCUT2D eigenvalue weighted by Gasteiger charge is -2.45. The second kappa shape index (κ2) is 7.44. The zero-order chi connectivity index (χ0) is 17.9. The molecule has 0 spiro atoms. The highest BCUT2D eigenvalue weighted by molar-refractivity contribution is 6.07. The number of benzene rings is 1. The molecule has 1 aliphatic heterocycles. The van der Waals surface area contributed by atoms with Gasteiger partial charge in [0.1, 0.15) is 5.41 Å². The van der Waals surface area contributed by atoms with E-state index in [0.29, 0.717) is 18.8 Å². The van der Waals surface area contributed by atoms with Crippen LogP contribution in [0.3, 0.4) is 0 Å². The van der Waals surface area contributed by atoms with E-state index in [1.54, 1.807) is 0 Å². The van der Waals surface area contributed by atoms with Crippen molar-refractivity contribution in [2.45, 2.75) is 45.2 Å². The molecular weight excluding hydrogens is 316 g/mol. The number of amidine groups is 1. The van der Waals surface area contributed by atoms with Crippen molar-refractivity contribution < 1.29 is 10.0 Å². The van der Waals surface area contributed by atoms with Crippen molar-refractivity contribution in [1.82, 2.24) is 10.2 Å². The number of carbonyl (C=O) groups is 1. The molecule has 1 saturated carbocycles. The first-order valence-electron chi connectivity index (χ1n) is 9.09. The van der Waals surface area contributed by atoms with Gasteiger partial charge >= 0.3 is 0 Å². The third kappa shape index (κ3) is 3.79. The number of nitrogens with two attached hydrogens (primary N) is 1. The predicted molar refractivity (Wildman–Crippen MR) is 97.1 cm³/mol. The van der Waals surface area contributed by atoms with Crippen molar-refractivity contribution in [3.63, 3.8) is 0 Å². The molecule has 1 aromatic carbocycles. The summed E-state index contributed by atoms with van der Waals surface area (Å²) in [5.74, 6) is 0.375. The Morgan fingerprint density at radius 1 is 1.40 bits per heavy atom. The molecule has 0 radical (unpaired) electrons. The molecule has 25 heavy (non-hydrogen) atoms. The van der Waals surface area contributed by atoms with Crippen LogP contribution in [0.2, 0.25) is 0 Å². The molecule has 1 heterocycles. The summed E-state index contributed by atoms with van der Waals surface area (Å²) >= 11 is 0. The Labute approximate surface area is 149 Å². The molecule has 1 aliphatic carbocycles. The number of carbonyl (C=O) groups excluding carboxylic acids is 1. The lowest BCUT2D eigenvalue weighted by Crippen LogP contribution is -2.60. The molecule has 6 heteroatoms. The van der Waals surface area contributed by atoms with E-state index >= 15 is 0 Å². The summed E-state index contributed by atoms with van der Waals surface area (Å²) < 4.78 is 0. The quantitative estimate of drug-likeness (QED) is 0.329. The average Bonchev–Trinajstić information content (AvgIpc) is 2.59. The van der Waals surface area contributed by atoms with Crippen LogP contribution in [0.4, 0.5) is 0 Å². The van der Waals surface area contributed by atoms with Crippen LogP contribution in [-0.2, 0) is 11.3 Å². The highest BCUT2D eigenvalue weighted by Crippen LogP contribution is 2.46. The molecule has 0 aromatic heterocycles. The van der Waals surface area contributed by atoms with Gasteiger partial charge in [-0.1, -0.05) is 42.4 Å². The fraction of sp³-hybridized carbons (Fsp3) is 0.579. The summed E-state index contributed by atoms with van der Waals surface area (Å²) in [6, 6.07) is 10.5. The van der Waals surface area contributed by atoms with E-state index < -0.39 is 5.41 Å². The van der Waals surface area contributed by atoms with Gasteiger partial charge in [0.05, 0.1) is 0 Å². The van der Waals surface area contributed by atoms with Gasteiger partial charge in [0.15, 0.2) is 5.84 Å². The fourth-order valence-corrected chi connectivity index (χ4v) is 4.22. The zero-order valence-corrected chi connectivity index (χ0v) is 14.8. The topological polar surface area (TPSA) is 91.0 Å². The second-order valence-corrected chi connectivity index (χ2v) is 7.61. The Kier molecular flexibility index (Phi) is 5.27. The SMILES string of the molecule is CC1CC(C(=O)NC2CCCN(Cc3ccccc3)C2)(/C(N)=N/O)C1. The first-order valence-corrected chi connectivity index (χ1v) is 9.09. The molecule has 2 aliphatic rings. The lowest BCUT2D eigenvalue weighted by atomic mass is 9.61. The van der Waals surface area contributed by atoms with Crippen molar-refractivity contribution in [3.8, 4) is 0 Å². The van der Waals surface area contributed by atoms with Gasteiger partial charge in [-0.3, -0.25) is 9.69 Å². The largest absolute Gasteiger partial charge is 0.409 e. The Morgan fingerprint density at radius 2 is 2.12 bits per heavy atom. The van der Waals surface area contributed by atoms with Gasteiger partial charge in [0, 0.05) is 19.1 Å². The van der Waals surface area contributed by atoms with E-state index in [1.807, 2.05) is 6.07 Å². The van der Waals surface area contributed by atoms with Gasteiger partial charge in [-0.2, -0.15) is 0 Å². The van der Waals surface area contributed by atoms with Crippen LogP contribution in [0.15, 0.2) is 35.5 Å². The number of likely N-dealkylation sites (tertiary alicyclic amines) is 1. The minimum atomic E-state index is -0.824. The number of amides is 1. The second-order valence-electron chi connectivity index (χ2n) is 7.61. The van der Waals surface area contributed by atoms with Crippen molar-refractivity contribution in [2.24, 2.45) is 22.2 Å². The molecule has 1 atom stereocenters. The fourth-order valence-electron chi connectivity index (χ4n) is 4.22. The molecule has 4 N–H and O–H groups in total. The molecule has 1 amide bonds. The van der Waals surface area contributed by atoms with Crippen LogP contribution in [0.5, 0.6) is 0 Å². The lowest BCUT2D eigenvalue weighted by molar-refractivity contribution is -0.134. The van der Waals surface area contributed by atoms with Crippen LogP contribution in [-0.4, -0.2) is 41.0 Å². The number of hydrogen-bond acceptors (Lipinski definition) is 4. The van der Waals surface area contributed by atoms with Crippen LogP contribution in [0.25, 0.3) is 0 Å². The summed E-state index contributed by atoms with van der Waals surface area (Å²) in [6.07, 6.45) is 3.33. The summed E-state index contributed by atoms with van der Waals surface area (Å²) in [5, 5.41) is 15.3. The average molecular weight is 344 g/mol. The van der Waals surface area contributed by atoms with Crippen molar-refractivity contribution in [3.05, 3.63) is 35.9 Å². The molecule has 6 nitrogen and oxygen atoms in total. The highest BCUT2D eigenvalue weighted by atomic mass is 16.4. The molecule has 0 bridgehead atoms. The van der Waals surface area contributed by atoms with Crippen molar-refractivity contribution in [1.29, 1.82) is 0 Å². The van der Waals surface area contributed by atoms with Gasteiger partial charge in [-0.05, 0) is 43.7 Å². The molecule has 1 aromatic rings. The summed E-state index contributed by atoms with van der Waals surface area (Å²) in [5.41, 5.74) is 6.30. The van der Waals surface area contributed by atoms with Gasteiger partial charge in [-0.25, -0.2) is 0 Å². The number of hydrogen-bond donors (Lipinski definition) is 3. The molecular formula is C19H28N4O2. The number of oxime groups is 1. The standard InChI is InChI=1S/C19H28N4O2/c1-14-10-19(11-14,17(20)22-25)18(24)21-16-8-5-9-23(13-16)12-15-6-3-2-4-7-15/h2-4,6-7,14,16,25H,5,8-13H2,1H3,(H2,20,22)(H,21,24). The smallest absolute Gasteiger partial charge is 0.234 e. The monoisotopic (exact) mass is 344 g/mol. The van der Waals surface area contributed by atoms with Gasteiger partial charge < -0.3 is 16.3 Å². The van der Waals surface area contributed by atoms with Crippen LogP contribution in [0, 0.1) is 11.3 Å². The summed E-state index contributed by atoms with van der Waals surface area (Å²) in [4.78, 5) is 15.2. The van der Waals surface area contributed by atoms with E-state index in [9.17, 15) is 4.79 Å². The number of nitrogens with zero attached hydrogens (tertiary/aromatic N) is 2. The molecule has 136 valence electrons. The van der Waals surface area contributed by atoms with Crippen LogP contribution < -0.4 is 11.1 Å². The minimum Gasteiger partial charge on any atom is -0.409 e. The van der Waals surface area contributed by atoms with E-state index in [2.05, 4.69) is 46.6 Å². The Balaban J connectivity index is 1.59. The van der Waals surface area contributed by atoms with Gasteiger partial charge in [0.25, 0.3) is 0 Å². The van der Waals surface area contributed by atoms with Crippen LogP contribution in [0.1, 0.15) is 38.2 Å². The molecule has 2 fully saturated rings. The van der Waals surface area contributed by atoms with E-state index in [1.165, 1.54) is 5.56 Å².